The second-order valence-corrected chi connectivity index (χ2v) is 5.10. The highest BCUT2D eigenvalue weighted by Crippen LogP contribution is 2.22. The topological polar surface area (TPSA) is 44.1 Å². The lowest BCUT2D eigenvalue weighted by Crippen LogP contribution is -2.06. The SMILES string of the molecule is O=C(O/C(=C\c1nccn1C(F)F)c1ccccc1)c1ccccc1. The molecule has 0 aliphatic heterocycles. The van der Waals surface area contributed by atoms with E-state index < -0.39 is 12.5 Å². The number of hydrogen-bond acceptors (Lipinski definition) is 3. The summed E-state index contributed by atoms with van der Waals surface area (Å²) < 4.78 is 32.2. The summed E-state index contributed by atoms with van der Waals surface area (Å²) in [7, 11) is 0. The van der Waals surface area contributed by atoms with Crippen molar-refractivity contribution in [1.82, 2.24) is 9.55 Å². The molecule has 0 unspecified atom stereocenters. The van der Waals surface area contributed by atoms with Crippen molar-refractivity contribution in [2.75, 3.05) is 0 Å². The molecule has 0 saturated carbocycles. The number of nitrogens with zero attached hydrogens (tertiary/aromatic N) is 2. The van der Waals surface area contributed by atoms with Gasteiger partial charge in [0.15, 0.2) is 0 Å². The molecule has 0 radical (unpaired) electrons. The van der Waals surface area contributed by atoms with Gasteiger partial charge in [0, 0.05) is 24.0 Å². The first-order valence-electron chi connectivity index (χ1n) is 7.50. The number of hydrogen-bond donors (Lipinski definition) is 0. The van der Waals surface area contributed by atoms with Crippen LogP contribution in [0.3, 0.4) is 0 Å². The molecule has 0 spiro atoms. The summed E-state index contributed by atoms with van der Waals surface area (Å²) in [5, 5.41) is 0. The Morgan fingerprint density at radius 3 is 2.20 bits per heavy atom. The Hall–Kier alpha value is -3.28. The number of rotatable bonds is 5. The van der Waals surface area contributed by atoms with E-state index in [9.17, 15) is 13.6 Å². The van der Waals surface area contributed by atoms with Crippen LogP contribution >= 0.6 is 0 Å². The molecule has 0 aliphatic carbocycles. The number of carbonyl (C=O) groups excluding carboxylic acids is 1. The summed E-state index contributed by atoms with van der Waals surface area (Å²) >= 11 is 0. The maximum absolute atomic E-state index is 13.0. The standard InChI is InChI=1S/C19H14F2N2O2/c20-19(21)23-12-11-22-17(23)13-16(14-7-3-1-4-8-14)25-18(24)15-9-5-2-6-10-15/h1-13,19H/b16-13-. The van der Waals surface area contributed by atoms with Crippen LogP contribution in [0.25, 0.3) is 11.8 Å². The minimum Gasteiger partial charge on any atom is -0.422 e. The Morgan fingerprint density at radius 1 is 1.00 bits per heavy atom. The van der Waals surface area contributed by atoms with Gasteiger partial charge >= 0.3 is 12.5 Å². The molecule has 3 rings (SSSR count). The first-order chi connectivity index (χ1) is 12.1. The molecule has 0 bridgehead atoms. The van der Waals surface area contributed by atoms with Crippen LogP contribution in [0.2, 0.25) is 0 Å². The van der Waals surface area contributed by atoms with Crippen molar-refractivity contribution in [2.24, 2.45) is 0 Å². The summed E-state index contributed by atoms with van der Waals surface area (Å²) in [6.45, 7) is -2.74. The van der Waals surface area contributed by atoms with Crippen LogP contribution in [0.15, 0.2) is 73.1 Å². The van der Waals surface area contributed by atoms with Gasteiger partial charge in [0.25, 0.3) is 0 Å². The van der Waals surface area contributed by atoms with Gasteiger partial charge in [-0.25, -0.2) is 9.78 Å². The van der Waals surface area contributed by atoms with Gasteiger partial charge in [0.1, 0.15) is 11.6 Å². The Morgan fingerprint density at radius 2 is 1.60 bits per heavy atom. The highest BCUT2D eigenvalue weighted by Gasteiger charge is 2.15. The van der Waals surface area contributed by atoms with Crippen molar-refractivity contribution in [3.05, 3.63) is 90.0 Å². The lowest BCUT2D eigenvalue weighted by Gasteiger charge is -2.10. The molecular formula is C19H14F2N2O2. The van der Waals surface area contributed by atoms with Crippen LogP contribution in [0.1, 0.15) is 28.3 Å². The van der Waals surface area contributed by atoms with E-state index in [-0.39, 0.29) is 11.6 Å². The van der Waals surface area contributed by atoms with Gasteiger partial charge in [0.05, 0.1) is 5.56 Å². The lowest BCUT2D eigenvalue weighted by molar-refractivity contribution is 0.0690. The third-order valence-corrected chi connectivity index (χ3v) is 3.44. The van der Waals surface area contributed by atoms with Gasteiger partial charge in [-0.15, -0.1) is 0 Å². The molecule has 0 atom stereocenters. The molecule has 0 fully saturated rings. The quantitative estimate of drug-likeness (QED) is 0.502. The molecule has 0 saturated heterocycles. The van der Waals surface area contributed by atoms with E-state index in [0.717, 1.165) is 6.20 Å². The van der Waals surface area contributed by atoms with Gasteiger partial charge in [-0.2, -0.15) is 8.78 Å². The molecule has 6 heteroatoms. The average molecular weight is 340 g/mol. The second-order valence-electron chi connectivity index (χ2n) is 5.10. The molecular weight excluding hydrogens is 326 g/mol. The maximum Gasteiger partial charge on any atom is 0.343 e. The number of alkyl halides is 2. The fourth-order valence-corrected chi connectivity index (χ4v) is 2.23. The Bertz CT molecular complexity index is 875. The molecule has 126 valence electrons. The largest absolute Gasteiger partial charge is 0.422 e. The first kappa shape index (κ1) is 16.6. The molecule has 3 aromatic rings. The van der Waals surface area contributed by atoms with E-state index >= 15 is 0 Å². The van der Waals surface area contributed by atoms with Gasteiger partial charge in [0.2, 0.25) is 0 Å². The normalized spacial score (nSPS) is 11.6. The summed E-state index contributed by atoms with van der Waals surface area (Å²) in [4.78, 5) is 16.2. The van der Waals surface area contributed by atoms with Gasteiger partial charge in [-0.1, -0.05) is 48.5 Å². The van der Waals surface area contributed by atoms with Gasteiger partial charge < -0.3 is 4.74 Å². The van der Waals surface area contributed by atoms with Crippen LogP contribution < -0.4 is 0 Å². The van der Waals surface area contributed by atoms with Gasteiger partial charge in [-0.05, 0) is 12.1 Å². The molecule has 1 aromatic heterocycles. The summed E-state index contributed by atoms with van der Waals surface area (Å²) in [6, 6.07) is 17.2. The van der Waals surface area contributed by atoms with E-state index in [1.807, 2.05) is 0 Å². The zero-order chi connectivity index (χ0) is 17.6. The predicted molar refractivity (Wildman–Crippen MR) is 89.7 cm³/mol. The Labute approximate surface area is 143 Å². The number of esters is 1. The highest BCUT2D eigenvalue weighted by molar-refractivity contribution is 5.95. The van der Waals surface area contributed by atoms with Crippen LogP contribution in [-0.2, 0) is 4.74 Å². The zero-order valence-electron chi connectivity index (χ0n) is 13.0. The van der Waals surface area contributed by atoms with Crippen molar-refractivity contribution < 1.29 is 18.3 Å². The molecule has 0 amide bonds. The summed E-state index contributed by atoms with van der Waals surface area (Å²) in [5.74, 6) is -0.442. The molecule has 0 aliphatic rings. The van der Waals surface area contributed by atoms with Crippen molar-refractivity contribution in [1.29, 1.82) is 0 Å². The third kappa shape index (κ3) is 3.98. The summed E-state index contributed by atoms with van der Waals surface area (Å²) in [5.41, 5.74) is 0.942. The molecule has 4 nitrogen and oxygen atoms in total. The highest BCUT2D eigenvalue weighted by atomic mass is 19.3. The number of imidazole rings is 1. The van der Waals surface area contributed by atoms with Crippen LogP contribution in [-0.4, -0.2) is 15.5 Å². The number of carbonyl (C=O) groups is 1. The minimum absolute atomic E-state index is 0.00489. The van der Waals surface area contributed by atoms with Crippen molar-refractivity contribution >= 4 is 17.8 Å². The van der Waals surface area contributed by atoms with Crippen molar-refractivity contribution in [3.63, 3.8) is 0 Å². The van der Waals surface area contributed by atoms with Crippen LogP contribution in [0.5, 0.6) is 0 Å². The van der Waals surface area contributed by atoms with Crippen molar-refractivity contribution in [3.8, 4) is 0 Å². The van der Waals surface area contributed by atoms with E-state index in [2.05, 4.69) is 4.98 Å². The van der Waals surface area contributed by atoms with Crippen molar-refractivity contribution in [2.45, 2.75) is 6.55 Å². The molecule has 25 heavy (non-hydrogen) atoms. The summed E-state index contributed by atoms with van der Waals surface area (Å²) in [6.07, 6.45) is 3.75. The fraction of sp³-hybridized carbons (Fsp3) is 0.0526. The number of ether oxygens (including phenoxy) is 1. The van der Waals surface area contributed by atoms with Crippen LogP contribution in [0.4, 0.5) is 8.78 Å². The Kier molecular flexibility index (Phi) is 4.99. The van der Waals surface area contributed by atoms with E-state index in [1.54, 1.807) is 60.7 Å². The number of benzene rings is 2. The smallest absolute Gasteiger partial charge is 0.343 e. The lowest BCUT2D eigenvalue weighted by atomic mass is 10.1. The molecule has 2 aromatic carbocycles. The Balaban J connectivity index is 1.97. The second kappa shape index (κ2) is 7.53. The fourth-order valence-electron chi connectivity index (χ4n) is 2.23. The number of aromatic nitrogens is 2. The predicted octanol–water partition coefficient (Wildman–Crippen LogP) is 4.63. The van der Waals surface area contributed by atoms with Crippen LogP contribution in [0, 0.1) is 0 Å². The zero-order valence-corrected chi connectivity index (χ0v) is 13.0. The first-order valence-corrected chi connectivity index (χ1v) is 7.50. The average Bonchev–Trinajstić information content (AvgIpc) is 3.11. The van der Waals surface area contributed by atoms with Gasteiger partial charge in [-0.3, -0.25) is 4.57 Å². The molecule has 1 heterocycles. The number of halogens is 2. The molecule has 0 N–H and O–H groups in total. The maximum atomic E-state index is 13.0. The third-order valence-electron chi connectivity index (χ3n) is 3.44. The minimum atomic E-state index is -2.74. The van der Waals surface area contributed by atoms with E-state index in [4.69, 9.17) is 4.74 Å². The van der Waals surface area contributed by atoms with E-state index in [1.165, 1.54) is 12.3 Å². The van der Waals surface area contributed by atoms with E-state index in [0.29, 0.717) is 15.7 Å². The monoisotopic (exact) mass is 340 g/mol.